The molecule has 2 aromatic heterocycles. The molecule has 0 unspecified atom stereocenters. The second-order valence-electron chi connectivity index (χ2n) is 17.2. The number of hydrogen-bond acceptors (Lipinski definition) is 2. The first-order chi connectivity index (χ1) is 24.1. The van der Waals surface area contributed by atoms with E-state index in [1.165, 1.54) is 106 Å². The first-order valence-electron chi connectivity index (χ1n) is 19.1. The summed E-state index contributed by atoms with van der Waals surface area (Å²) in [7, 11) is 0. The van der Waals surface area contributed by atoms with Crippen molar-refractivity contribution in [3.05, 3.63) is 94.0 Å². The van der Waals surface area contributed by atoms with E-state index in [0.717, 1.165) is 23.0 Å². The molecule has 6 aliphatic carbocycles. The molecule has 5 aromatic carbocycles. The molecule has 0 atom stereocenters. The molecule has 7 aromatic rings. The van der Waals surface area contributed by atoms with E-state index in [4.69, 9.17) is 9.47 Å². The topological polar surface area (TPSA) is 22.9 Å². The van der Waals surface area contributed by atoms with E-state index in [2.05, 4.69) is 78.9 Å². The van der Waals surface area contributed by atoms with E-state index in [1.807, 2.05) is 0 Å². The molecule has 3 aliphatic heterocycles. The third kappa shape index (κ3) is 2.62. The average Bonchev–Trinajstić information content (AvgIpc) is 3.66. The van der Waals surface area contributed by atoms with Gasteiger partial charge in [-0.1, -0.05) is 50.2 Å². The zero-order valence-corrected chi connectivity index (χ0v) is 28.1. The number of benzene rings is 5. The van der Waals surface area contributed by atoms with Crippen LogP contribution in [-0.4, -0.2) is 11.1 Å². The van der Waals surface area contributed by atoms with Gasteiger partial charge in [0.1, 0.15) is 23.0 Å². The zero-order valence-electron chi connectivity index (χ0n) is 28.1. The van der Waals surface area contributed by atoms with Crippen LogP contribution in [0.4, 0.5) is 0 Å². The van der Waals surface area contributed by atoms with Crippen LogP contribution in [0, 0.1) is 0 Å². The number of aromatic nitrogens is 1. The van der Waals surface area contributed by atoms with Gasteiger partial charge in [0, 0.05) is 21.7 Å². The number of rotatable bonds is 0. The summed E-state index contributed by atoms with van der Waals surface area (Å²) in [5.41, 5.74) is 17.7. The fraction of sp³-hybridized carbons (Fsp3) is 0.333. The second kappa shape index (κ2) is 7.96. The van der Waals surface area contributed by atoms with Crippen LogP contribution < -0.4 is 25.9 Å². The highest BCUT2D eigenvalue weighted by Gasteiger charge is 2.56. The monoisotopic (exact) mass is 633 g/mol. The first-order valence-corrected chi connectivity index (χ1v) is 19.1. The van der Waals surface area contributed by atoms with Crippen molar-refractivity contribution in [1.82, 2.24) is 4.40 Å². The Morgan fingerprint density at radius 1 is 0.592 bits per heavy atom. The highest BCUT2D eigenvalue weighted by molar-refractivity contribution is 6.99. The Hall–Kier alpha value is -4.44. The summed E-state index contributed by atoms with van der Waals surface area (Å²) in [6.07, 6.45) is 10.7. The second-order valence-corrected chi connectivity index (χ2v) is 17.2. The molecule has 4 bridgehead atoms. The van der Waals surface area contributed by atoms with E-state index in [1.54, 1.807) is 33.4 Å². The first kappa shape index (κ1) is 25.5. The third-order valence-electron chi connectivity index (χ3n) is 15.0. The Morgan fingerprint density at radius 2 is 1.04 bits per heavy atom. The highest BCUT2D eigenvalue weighted by Crippen LogP contribution is 2.61. The maximum atomic E-state index is 7.50. The van der Waals surface area contributed by atoms with Crippen LogP contribution in [0.25, 0.3) is 38.1 Å². The van der Waals surface area contributed by atoms with E-state index in [0.29, 0.717) is 23.7 Å². The smallest absolute Gasteiger partial charge is 0.261 e. The molecule has 3 nitrogen and oxygen atoms in total. The predicted molar refractivity (Wildman–Crippen MR) is 199 cm³/mol. The molecule has 2 saturated carbocycles. The van der Waals surface area contributed by atoms with E-state index >= 15 is 0 Å². The lowest BCUT2D eigenvalue weighted by atomic mass is 9.28. The van der Waals surface area contributed by atoms with Crippen LogP contribution in [-0.2, 0) is 5.41 Å². The number of para-hydroxylation sites is 2. The lowest BCUT2D eigenvalue weighted by Crippen LogP contribution is -2.65. The van der Waals surface area contributed by atoms with Gasteiger partial charge in [0.2, 0.25) is 0 Å². The van der Waals surface area contributed by atoms with E-state index in [-0.39, 0.29) is 12.1 Å². The molecule has 0 radical (unpaired) electrons. The molecule has 0 saturated heterocycles. The molecule has 236 valence electrons. The quantitative estimate of drug-likeness (QED) is 0.155. The summed E-state index contributed by atoms with van der Waals surface area (Å²) in [6, 6.07) is 23.0. The van der Waals surface area contributed by atoms with E-state index in [9.17, 15) is 0 Å². The molecular weight excluding hydrogens is 597 g/mol. The van der Waals surface area contributed by atoms with Gasteiger partial charge in [-0.15, -0.1) is 0 Å². The molecule has 2 fully saturated rings. The molecule has 4 heteroatoms. The van der Waals surface area contributed by atoms with Gasteiger partial charge >= 0.3 is 0 Å². The number of hydrogen-bond donors (Lipinski definition) is 0. The SMILES string of the molecule is CC1(C)c2c3c(cc4c2C2CCC4CC2)Oc2c4c(c5c6ccccc6n6c7ccccc7c2c56)Oc2cc5c(c1c2B34)C1CCC5CC1. The summed E-state index contributed by atoms with van der Waals surface area (Å²) in [4.78, 5) is 0. The van der Waals surface area contributed by atoms with Crippen LogP contribution in [0.5, 0.6) is 23.0 Å². The average molecular weight is 634 g/mol. The Labute approximate surface area is 285 Å². The maximum absolute atomic E-state index is 7.50. The van der Waals surface area contributed by atoms with Gasteiger partial charge in [0.15, 0.2) is 0 Å². The molecule has 49 heavy (non-hydrogen) atoms. The fourth-order valence-electron chi connectivity index (χ4n) is 13.3. The largest absolute Gasteiger partial charge is 0.458 e. The normalized spacial score (nSPS) is 25.6. The lowest BCUT2D eigenvalue weighted by molar-refractivity contribution is 0.345. The van der Waals surface area contributed by atoms with Gasteiger partial charge in [-0.3, -0.25) is 0 Å². The lowest BCUT2D eigenvalue weighted by Gasteiger charge is -2.52. The zero-order chi connectivity index (χ0) is 31.7. The predicted octanol–water partition coefficient (Wildman–Crippen LogP) is 9.71. The standard InChI is InChI=1S/C45H36BNO2/c1-45(2)37-33-23-15-11-21(12-16-23)27(33)19-31-39(37)46-40-32(20-28-22-13-17-24(18-14-22)34(28)38(40)45)49-44-36-26-8-4-6-10-30(26)47-29-9-5-3-7-25(29)35(42(36)47)43(48-31)41(44)46/h3-10,19-24H,11-18H2,1-2H3. The van der Waals surface area contributed by atoms with Crippen LogP contribution in [0.3, 0.4) is 0 Å². The Balaban J connectivity index is 1.23. The third-order valence-corrected chi connectivity index (χ3v) is 15.0. The van der Waals surface area contributed by atoms with Crippen molar-refractivity contribution >= 4 is 61.2 Å². The van der Waals surface area contributed by atoms with Crippen molar-refractivity contribution in [1.29, 1.82) is 0 Å². The summed E-state index contributed by atoms with van der Waals surface area (Å²) < 4.78 is 17.5. The van der Waals surface area contributed by atoms with Gasteiger partial charge in [-0.2, -0.15) is 0 Å². The molecule has 16 rings (SSSR count). The molecule has 0 spiro atoms. The van der Waals surface area contributed by atoms with Crippen LogP contribution in [0.2, 0.25) is 0 Å². The summed E-state index contributed by atoms with van der Waals surface area (Å²) in [6.45, 7) is 5.29. The van der Waals surface area contributed by atoms with Crippen molar-refractivity contribution in [2.45, 2.75) is 94.3 Å². The van der Waals surface area contributed by atoms with Crippen LogP contribution in [0.15, 0.2) is 60.7 Å². The Bertz CT molecular complexity index is 2560. The molecule has 0 amide bonds. The van der Waals surface area contributed by atoms with Gasteiger partial charge in [0.05, 0.1) is 27.3 Å². The van der Waals surface area contributed by atoms with Crippen molar-refractivity contribution in [3.8, 4) is 23.0 Å². The minimum Gasteiger partial charge on any atom is -0.458 e. The summed E-state index contributed by atoms with van der Waals surface area (Å²) in [5.74, 6) is 6.98. The van der Waals surface area contributed by atoms with Crippen molar-refractivity contribution in [2.24, 2.45) is 0 Å². The van der Waals surface area contributed by atoms with Crippen LogP contribution in [0.1, 0.15) is 122 Å². The van der Waals surface area contributed by atoms with Gasteiger partial charge in [-0.05, 0) is 144 Å². The van der Waals surface area contributed by atoms with E-state index < -0.39 is 0 Å². The molecule has 9 aliphatic rings. The van der Waals surface area contributed by atoms with Crippen molar-refractivity contribution in [2.75, 3.05) is 0 Å². The van der Waals surface area contributed by atoms with Gasteiger partial charge < -0.3 is 13.9 Å². The van der Waals surface area contributed by atoms with Crippen molar-refractivity contribution < 1.29 is 9.47 Å². The number of fused-ring (bicyclic) bond motifs is 12. The molecule has 5 heterocycles. The summed E-state index contributed by atoms with van der Waals surface area (Å²) >= 11 is 0. The molecule has 0 N–H and O–H groups in total. The van der Waals surface area contributed by atoms with Gasteiger partial charge in [0.25, 0.3) is 6.71 Å². The number of ether oxygens (including phenoxy) is 2. The molecular formula is C45H36BNO2. The van der Waals surface area contributed by atoms with Crippen molar-refractivity contribution in [3.63, 3.8) is 0 Å². The number of nitrogens with zero attached hydrogens (tertiary/aromatic N) is 1. The van der Waals surface area contributed by atoms with Gasteiger partial charge in [-0.25, -0.2) is 0 Å². The van der Waals surface area contributed by atoms with Crippen LogP contribution >= 0.6 is 0 Å². The fourth-order valence-corrected chi connectivity index (χ4v) is 13.3. The minimum atomic E-state index is -0.110. The minimum absolute atomic E-state index is 0.110. The maximum Gasteiger partial charge on any atom is 0.261 e. The summed E-state index contributed by atoms with van der Waals surface area (Å²) in [5, 5.41) is 5.05. The highest BCUT2D eigenvalue weighted by atomic mass is 16.5. The Morgan fingerprint density at radius 3 is 1.53 bits per heavy atom. The Kier molecular flexibility index (Phi) is 4.15.